The molecule has 0 radical (unpaired) electrons. The minimum Gasteiger partial charge on any atom is -0.369 e. The van der Waals surface area contributed by atoms with Gasteiger partial charge in [-0.3, -0.25) is 14.6 Å². The molecule has 1 unspecified atom stereocenters. The molecule has 1 aromatic heterocycles. The number of nitrogens with one attached hydrogen (secondary N) is 3. The molecular formula is C17H29N7O2. The summed E-state index contributed by atoms with van der Waals surface area (Å²) in [7, 11) is 0. The number of hydrogen-bond donors (Lipinski definition) is 4. The molecule has 9 nitrogen and oxygen atoms in total. The number of carbonyl (C=O) groups is 1. The quantitative estimate of drug-likeness (QED) is 0.515. The van der Waals surface area contributed by atoms with Crippen molar-refractivity contribution >= 4 is 23.4 Å². The monoisotopic (exact) mass is 363 g/mol. The number of hydrogen-bond acceptors (Lipinski definition) is 7. The van der Waals surface area contributed by atoms with Gasteiger partial charge in [-0.15, -0.1) is 0 Å². The van der Waals surface area contributed by atoms with E-state index in [9.17, 15) is 9.59 Å². The van der Waals surface area contributed by atoms with Gasteiger partial charge in [0.1, 0.15) is 5.69 Å². The van der Waals surface area contributed by atoms with Crippen LogP contribution in [0.25, 0.3) is 0 Å². The van der Waals surface area contributed by atoms with Gasteiger partial charge in [-0.2, -0.15) is 4.98 Å². The molecule has 5 N–H and O–H groups in total. The molecule has 26 heavy (non-hydrogen) atoms. The van der Waals surface area contributed by atoms with Crippen LogP contribution in [0.5, 0.6) is 0 Å². The molecule has 0 saturated carbocycles. The summed E-state index contributed by atoms with van der Waals surface area (Å²) in [4.78, 5) is 34.9. The number of rotatable bonds is 7. The number of nitrogen functional groups attached to an aromatic ring is 1. The highest BCUT2D eigenvalue weighted by Crippen LogP contribution is 2.25. The molecule has 1 aromatic rings. The summed E-state index contributed by atoms with van der Waals surface area (Å²) in [5, 5.41) is 5.97. The van der Waals surface area contributed by atoms with E-state index in [0.717, 1.165) is 13.0 Å². The Labute approximate surface area is 153 Å². The molecule has 3 rings (SSSR count). The van der Waals surface area contributed by atoms with Crippen LogP contribution in [0.2, 0.25) is 0 Å². The van der Waals surface area contributed by atoms with Crippen LogP contribution in [0, 0.1) is 0 Å². The molecule has 2 aliphatic rings. The van der Waals surface area contributed by atoms with Crippen LogP contribution in [0.1, 0.15) is 39.0 Å². The number of aromatic nitrogens is 2. The van der Waals surface area contributed by atoms with E-state index in [4.69, 9.17) is 5.73 Å². The van der Waals surface area contributed by atoms with Crippen molar-refractivity contribution in [3.05, 3.63) is 10.4 Å². The molecule has 0 bridgehead atoms. The second-order valence-electron chi connectivity index (χ2n) is 7.08. The van der Waals surface area contributed by atoms with Gasteiger partial charge in [0.25, 0.3) is 5.56 Å². The number of H-pyrrole nitrogens is 1. The minimum absolute atomic E-state index is 0.0166. The highest BCUT2D eigenvalue weighted by Gasteiger charge is 2.24. The van der Waals surface area contributed by atoms with Crippen LogP contribution in [0.3, 0.4) is 0 Å². The molecule has 0 spiro atoms. The number of amides is 1. The maximum Gasteiger partial charge on any atom is 0.277 e. The van der Waals surface area contributed by atoms with Crippen molar-refractivity contribution in [2.45, 2.75) is 45.1 Å². The van der Waals surface area contributed by atoms with Crippen LogP contribution in [0.15, 0.2) is 4.79 Å². The molecular weight excluding hydrogens is 334 g/mol. The Morgan fingerprint density at radius 2 is 2.23 bits per heavy atom. The summed E-state index contributed by atoms with van der Waals surface area (Å²) < 4.78 is 0. The third kappa shape index (κ3) is 4.46. The number of likely N-dealkylation sites (tertiary alicyclic amines) is 1. The van der Waals surface area contributed by atoms with Crippen molar-refractivity contribution in [2.24, 2.45) is 0 Å². The minimum atomic E-state index is -0.286. The SMILES string of the molecule is CC1CCCCN1CCCNC(=O)CCN1CNc2c1nc(N)[nH]c2=O. The molecule has 1 amide bonds. The highest BCUT2D eigenvalue weighted by molar-refractivity contribution is 5.77. The van der Waals surface area contributed by atoms with Crippen molar-refractivity contribution in [3.8, 4) is 0 Å². The number of aromatic amines is 1. The van der Waals surface area contributed by atoms with Crippen LogP contribution < -0.4 is 26.8 Å². The average molecular weight is 363 g/mol. The summed E-state index contributed by atoms with van der Waals surface area (Å²) in [6.07, 6.45) is 5.21. The predicted octanol–water partition coefficient (Wildman–Crippen LogP) is 0.312. The van der Waals surface area contributed by atoms with Gasteiger partial charge in [0.05, 0.1) is 6.67 Å². The normalized spacial score (nSPS) is 19.9. The lowest BCUT2D eigenvalue weighted by atomic mass is 10.0. The van der Waals surface area contributed by atoms with E-state index in [-0.39, 0.29) is 17.4 Å². The van der Waals surface area contributed by atoms with Gasteiger partial charge < -0.3 is 26.2 Å². The summed E-state index contributed by atoms with van der Waals surface area (Å²) in [5.41, 5.74) is 5.72. The molecule has 1 saturated heterocycles. The molecule has 1 fully saturated rings. The fraction of sp³-hybridized carbons (Fsp3) is 0.706. The van der Waals surface area contributed by atoms with E-state index < -0.39 is 0 Å². The van der Waals surface area contributed by atoms with Crippen LogP contribution in [-0.4, -0.2) is 59.7 Å². The maximum absolute atomic E-state index is 12.1. The highest BCUT2D eigenvalue weighted by atomic mass is 16.1. The Morgan fingerprint density at radius 1 is 1.38 bits per heavy atom. The van der Waals surface area contributed by atoms with Gasteiger partial charge in [-0.05, 0) is 32.7 Å². The molecule has 2 aliphatic heterocycles. The van der Waals surface area contributed by atoms with E-state index in [0.29, 0.717) is 43.7 Å². The number of nitrogens with two attached hydrogens (primary N) is 1. The molecule has 9 heteroatoms. The number of fused-ring (bicyclic) bond motifs is 1. The van der Waals surface area contributed by atoms with Crippen molar-refractivity contribution in [2.75, 3.05) is 48.8 Å². The number of nitrogens with zero attached hydrogens (tertiary/aromatic N) is 3. The van der Waals surface area contributed by atoms with Gasteiger partial charge in [0.15, 0.2) is 5.82 Å². The van der Waals surface area contributed by atoms with Gasteiger partial charge in [-0.25, -0.2) is 0 Å². The molecule has 144 valence electrons. The second kappa shape index (κ2) is 8.39. The van der Waals surface area contributed by atoms with Crippen molar-refractivity contribution in [1.29, 1.82) is 0 Å². The fourth-order valence-corrected chi connectivity index (χ4v) is 3.63. The first kappa shape index (κ1) is 18.5. The fourth-order valence-electron chi connectivity index (χ4n) is 3.63. The van der Waals surface area contributed by atoms with Gasteiger partial charge >= 0.3 is 0 Å². The predicted molar refractivity (Wildman–Crippen MR) is 102 cm³/mol. The molecule has 3 heterocycles. The first-order chi connectivity index (χ1) is 12.5. The standard InChI is InChI=1S/C17H29N7O2/c1-12-5-2-3-8-23(12)9-4-7-19-13(25)6-10-24-11-20-14-15(24)21-17(18)22-16(14)26/h12,20H,2-11H2,1H3,(H,19,25)(H3,18,21,22,26). The van der Waals surface area contributed by atoms with Crippen molar-refractivity contribution in [3.63, 3.8) is 0 Å². The lowest BCUT2D eigenvalue weighted by Gasteiger charge is -2.33. The van der Waals surface area contributed by atoms with E-state index in [1.165, 1.54) is 25.8 Å². The molecule has 1 atom stereocenters. The smallest absolute Gasteiger partial charge is 0.277 e. The maximum atomic E-state index is 12.1. The largest absolute Gasteiger partial charge is 0.369 e. The third-order valence-corrected chi connectivity index (χ3v) is 5.16. The lowest BCUT2D eigenvalue weighted by Crippen LogP contribution is -2.39. The van der Waals surface area contributed by atoms with Gasteiger partial charge in [0, 0.05) is 32.1 Å². The Morgan fingerprint density at radius 3 is 3.04 bits per heavy atom. The summed E-state index contributed by atoms with van der Waals surface area (Å²) in [6, 6.07) is 0.658. The summed E-state index contributed by atoms with van der Waals surface area (Å²) in [5.74, 6) is 0.611. The Hall–Kier alpha value is -2.29. The van der Waals surface area contributed by atoms with Gasteiger partial charge in [0.2, 0.25) is 11.9 Å². The Bertz CT molecular complexity index is 690. The van der Waals surface area contributed by atoms with Crippen LogP contribution >= 0.6 is 0 Å². The average Bonchev–Trinajstić information content (AvgIpc) is 3.01. The lowest BCUT2D eigenvalue weighted by molar-refractivity contribution is -0.120. The van der Waals surface area contributed by atoms with Crippen molar-refractivity contribution < 1.29 is 4.79 Å². The zero-order valence-corrected chi connectivity index (χ0v) is 15.4. The molecule has 0 aromatic carbocycles. The van der Waals surface area contributed by atoms with Crippen molar-refractivity contribution in [1.82, 2.24) is 20.2 Å². The van der Waals surface area contributed by atoms with E-state index in [1.807, 2.05) is 4.90 Å². The Kier molecular flexibility index (Phi) is 5.97. The van der Waals surface area contributed by atoms with E-state index >= 15 is 0 Å². The molecule has 0 aliphatic carbocycles. The first-order valence-corrected chi connectivity index (χ1v) is 9.44. The van der Waals surface area contributed by atoms with E-state index in [2.05, 4.69) is 32.4 Å². The third-order valence-electron chi connectivity index (χ3n) is 5.16. The summed E-state index contributed by atoms with van der Waals surface area (Å²) in [6.45, 7) is 6.13. The first-order valence-electron chi connectivity index (χ1n) is 9.44. The van der Waals surface area contributed by atoms with Gasteiger partial charge in [-0.1, -0.05) is 6.42 Å². The summed E-state index contributed by atoms with van der Waals surface area (Å²) >= 11 is 0. The number of anilines is 3. The Balaban J connectivity index is 1.37. The zero-order valence-electron chi connectivity index (χ0n) is 15.4. The van der Waals surface area contributed by atoms with E-state index in [1.54, 1.807) is 0 Å². The topological polar surface area (TPSA) is 119 Å². The van der Waals surface area contributed by atoms with Crippen LogP contribution in [-0.2, 0) is 4.79 Å². The zero-order chi connectivity index (χ0) is 18.5. The van der Waals surface area contributed by atoms with Crippen LogP contribution in [0.4, 0.5) is 17.5 Å². The second-order valence-corrected chi connectivity index (χ2v) is 7.08. The number of piperidine rings is 1. The number of carbonyl (C=O) groups excluding carboxylic acids is 1.